The summed E-state index contributed by atoms with van der Waals surface area (Å²) in [6.07, 6.45) is 1.43. The van der Waals surface area contributed by atoms with Crippen LogP contribution >= 0.6 is 27.5 Å². The number of nitrogens with one attached hydrogen (secondary N) is 1. The molecule has 0 spiro atoms. The molecule has 4 aromatic carbocycles. The number of imide groups is 2. The first-order valence-electron chi connectivity index (χ1n) is 11.0. The van der Waals surface area contributed by atoms with Gasteiger partial charge in [0.15, 0.2) is 0 Å². The van der Waals surface area contributed by atoms with Crippen LogP contribution in [-0.2, 0) is 16.2 Å². The van der Waals surface area contributed by atoms with Crippen LogP contribution in [-0.4, -0.2) is 17.8 Å². The first-order valence-corrected chi connectivity index (χ1v) is 12.1. The molecular formula is C28H18BrClN2O4. The van der Waals surface area contributed by atoms with Gasteiger partial charge in [0.1, 0.15) is 17.9 Å². The van der Waals surface area contributed by atoms with E-state index < -0.39 is 17.8 Å². The summed E-state index contributed by atoms with van der Waals surface area (Å²) in [5.74, 6) is -0.894. The molecule has 1 fully saturated rings. The van der Waals surface area contributed by atoms with Gasteiger partial charge in [0.2, 0.25) is 0 Å². The van der Waals surface area contributed by atoms with E-state index in [1.165, 1.54) is 12.1 Å². The highest BCUT2D eigenvalue weighted by atomic mass is 79.9. The summed E-state index contributed by atoms with van der Waals surface area (Å²) in [6.45, 7) is 0.373. The molecule has 1 aliphatic rings. The summed E-state index contributed by atoms with van der Waals surface area (Å²) in [5, 5.41) is 4.83. The van der Waals surface area contributed by atoms with Gasteiger partial charge in [-0.1, -0.05) is 66.2 Å². The Morgan fingerprint density at radius 3 is 2.50 bits per heavy atom. The van der Waals surface area contributed by atoms with E-state index in [9.17, 15) is 14.4 Å². The average molecular weight is 562 g/mol. The van der Waals surface area contributed by atoms with Crippen LogP contribution < -0.4 is 15.0 Å². The lowest BCUT2D eigenvalue weighted by Gasteiger charge is -2.26. The summed E-state index contributed by atoms with van der Waals surface area (Å²) >= 11 is 9.52. The number of carbonyl (C=O) groups excluding carboxylic acids is 3. The Morgan fingerprint density at radius 1 is 0.917 bits per heavy atom. The van der Waals surface area contributed by atoms with Crippen LogP contribution in [0, 0.1) is 0 Å². The molecule has 0 bridgehead atoms. The molecule has 4 amide bonds. The first kappa shape index (κ1) is 23.8. The quantitative estimate of drug-likeness (QED) is 0.223. The standard InChI is InChI=1S/C28H18BrClN2O4/c29-24-14-17(11-12-25(24)36-16-19-7-3-6-18-5-1-2-10-22(18)19)13-23-26(33)31-28(35)32(27(23)34)21-9-4-8-20(30)15-21/h1-15H,16H2,(H,31,33,35)/b23-13+. The van der Waals surface area contributed by atoms with E-state index in [1.807, 2.05) is 24.3 Å². The Morgan fingerprint density at radius 2 is 1.69 bits per heavy atom. The van der Waals surface area contributed by atoms with Crippen molar-refractivity contribution >= 4 is 67.9 Å². The molecule has 1 aliphatic heterocycles. The summed E-state index contributed by atoms with van der Waals surface area (Å²) in [4.78, 5) is 38.8. The molecule has 1 heterocycles. The van der Waals surface area contributed by atoms with Crippen LogP contribution in [0.2, 0.25) is 5.02 Å². The maximum atomic E-state index is 13.1. The monoisotopic (exact) mass is 560 g/mol. The fraction of sp³-hybridized carbons (Fsp3) is 0.0357. The third kappa shape index (κ3) is 4.76. The lowest BCUT2D eigenvalue weighted by molar-refractivity contribution is -0.122. The number of nitrogens with zero attached hydrogens (tertiary/aromatic N) is 1. The van der Waals surface area contributed by atoms with Gasteiger partial charge in [-0.25, -0.2) is 9.69 Å². The Balaban J connectivity index is 1.38. The molecule has 36 heavy (non-hydrogen) atoms. The van der Waals surface area contributed by atoms with Crippen molar-refractivity contribution in [1.29, 1.82) is 0 Å². The number of ether oxygens (including phenoxy) is 1. The van der Waals surface area contributed by atoms with Crippen molar-refractivity contribution in [3.05, 3.63) is 111 Å². The summed E-state index contributed by atoms with van der Waals surface area (Å²) in [7, 11) is 0. The molecule has 5 rings (SSSR count). The van der Waals surface area contributed by atoms with Crippen LogP contribution in [0.4, 0.5) is 10.5 Å². The van der Waals surface area contributed by atoms with E-state index in [4.69, 9.17) is 16.3 Å². The minimum Gasteiger partial charge on any atom is -0.488 e. The van der Waals surface area contributed by atoms with Gasteiger partial charge >= 0.3 is 6.03 Å². The van der Waals surface area contributed by atoms with Crippen LogP contribution in [0.3, 0.4) is 0 Å². The largest absolute Gasteiger partial charge is 0.488 e. The van der Waals surface area contributed by atoms with E-state index in [0.717, 1.165) is 21.2 Å². The fourth-order valence-corrected chi connectivity index (χ4v) is 4.67. The van der Waals surface area contributed by atoms with Gasteiger partial charge in [-0.15, -0.1) is 0 Å². The highest BCUT2D eigenvalue weighted by Gasteiger charge is 2.36. The Hall–Kier alpha value is -3.94. The SMILES string of the molecule is O=C1NC(=O)N(c2cccc(Cl)c2)C(=O)/C1=C/c1ccc(OCc2cccc3ccccc23)c(Br)c1. The average Bonchev–Trinajstić information content (AvgIpc) is 2.86. The minimum atomic E-state index is -0.831. The van der Waals surface area contributed by atoms with Gasteiger partial charge < -0.3 is 4.74 Å². The van der Waals surface area contributed by atoms with E-state index in [0.29, 0.717) is 27.4 Å². The molecule has 1 saturated heterocycles. The number of amides is 4. The topological polar surface area (TPSA) is 75.7 Å². The molecule has 0 atom stereocenters. The van der Waals surface area contributed by atoms with Crippen LogP contribution in [0.5, 0.6) is 5.75 Å². The maximum absolute atomic E-state index is 13.1. The van der Waals surface area contributed by atoms with Crippen LogP contribution in [0.25, 0.3) is 16.8 Å². The number of barbiturate groups is 1. The molecule has 6 nitrogen and oxygen atoms in total. The van der Waals surface area contributed by atoms with Crippen molar-refractivity contribution in [3.63, 3.8) is 0 Å². The fourth-order valence-electron chi connectivity index (χ4n) is 3.97. The zero-order valence-corrected chi connectivity index (χ0v) is 21.0. The van der Waals surface area contributed by atoms with E-state index in [-0.39, 0.29) is 11.3 Å². The number of urea groups is 1. The van der Waals surface area contributed by atoms with Gasteiger partial charge in [0, 0.05) is 5.02 Å². The number of halogens is 2. The lowest BCUT2D eigenvalue weighted by Crippen LogP contribution is -2.54. The lowest BCUT2D eigenvalue weighted by atomic mass is 10.1. The van der Waals surface area contributed by atoms with Crippen LogP contribution in [0.1, 0.15) is 11.1 Å². The highest BCUT2D eigenvalue weighted by Crippen LogP contribution is 2.30. The number of benzene rings is 4. The summed E-state index contributed by atoms with van der Waals surface area (Å²) < 4.78 is 6.70. The molecule has 4 aromatic rings. The predicted octanol–water partition coefficient (Wildman–Crippen LogP) is 6.50. The van der Waals surface area contributed by atoms with Gasteiger partial charge in [-0.2, -0.15) is 0 Å². The zero-order chi connectivity index (χ0) is 25.2. The zero-order valence-electron chi connectivity index (χ0n) is 18.7. The first-order chi connectivity index (χ1) is 17.4. The molecule has 0 radical (unpaired) electrons. The molecular weight excluding hydrogens is 544 g/mol. The van der Waals surface area contributed by atoms with Crippen molar-refractivity contribution in [2.75, 3.05) is 4.90 Å². The Bertz CT molecular complexity index is 1560. The number of carbonyl (C=O) groups is 3. The Kier molecular flexibility index (Phi) is 6.59. The van der Waals surface area contributed by atoms with Gasteiger partial charge in [-0.3, -0.25) is 14.9 Å². The number of rotatable bonds is 5. The second-order valence-electron chi connectivity index (χ2n) is 8.05. The van der Waals surface area contributed by atoms with E-state index in [1.54, 1.807) is 36.4 Å². The smallest absolute Gasteiger partial charge is 0.335 e. The Labute approximate surface area is 220 Å². The summed E-state index contributed by atoms with van der Waals surface area (Å²) in [5.41, 5.74) is 1.73. The number of fused-ring (bicyclic) bond motifs is 1. The summed E-state index contributed by atoms with van der Waals surface area (Å²) in [6, 6.07) is 24.9. The third-order valence-corrected chi connectivity index (χ3v) is 6.55. The van der Waals surface area contributed by atoms with Crippen molar-refractivity contribution in [1.82, 2.24) is 5.32 Å². The van der Waals surface area contributed by atoms with Crippen molar-refractivity contribution in [2.45, 2.75) is 6.61 Å². The molecule has 8 heteroatoms. The van der Waals surface area contributed by atoms with E-state index >= 15 is 0 Å². The van der Waals surface area contributed by atoms with Crippen molar-refractivity contribution in [2.24, 2.45) is 0 Å². The van der Waals surface area contributed by atoms with Crippen molar-refractivity contribution in [3.8, 4) is 5.75 Å². The van der Waals surface area contributed by atoms with Gasteiger partial charge in [-0.05, 0) is 74.2 Å². The normalized spacial score (nSPS) is 14.9. The van der Waals surface area contributed by atoms with Gasteiger partial charge in [0.05, 0.1) is 10.2 Å². The molecule has 0 aliphatic carbocycles. The third-order valence-electron chi connectivity index (χ3n) is 5.70. The number of hydrogen-bond acceptors (Lipinski definition) is 4. The number of hydrogen-bond donors (Lipinski definition) is 1. The molecule has 178 valence electrons. The highest BCUT2D eigenvalue weighted by molar-refractivity contribution is 9.10. The molecule has 1 N–H and O–H groups in total. The van der Waals surface area contributed by atoms with Crippen molar-refractivity contribution < 1.29 is 19.1 Å². The van der Waals surface area contributed by atoms with E-state index in [2.05, 4.69) is 39.4 Å². The maximum Gasteiger partial charge on any atom is 0.335 e. The molecule has 0 saturated carbocycles. The molecule has 0 unspecified atom stereocenters. The second kappa shape index (κ2) is 9.97. The van der Waals surface area contributed by atoms with Crippen LogP contribution in [0.15, 0.2) is 95.0 Å². The second-order valence-corrected chi connectivity index (χ2v) is 9.35. The molecule has 0 aromatic heterocycles. The predicted molar refractivity (Wildman–Crippen MR) is 143 cm³/mol. The minimum absolute atomic E-state index is 0.175. The number of anilines is 1. The van der Waals surface area contributed by atoms with Gasteiger partial charge in [0.25, 0.3) is 11.8 Å².